The molecule has 1 aliphatic rings. The lowest BCUT2D eigenvalue weighted by molar-refractivity contribution is -0.117. The lowest BCUT2D eigenvalue weighted by Gasteiger charge is -2.31. The molecule has 32 heavy (non-hydrogen) atoms. The molecule has 0 bridgehead atoms. The average molecular weight is 453 g/mol. The van der Waals surface area contributed by atoms with Crippen molar-refractivity contribution < 1.29 is 18.7 Å². The molecular weight excluding hydrogens is 431 g/mol. The normalized spacial score (nSPS) is 15.7. The van der Waals surface area contributed by atoms with E-state index < -0.39 is 6.04 Å². The number of amides is 2. The highest BCUT2D eigenvalue weighted by Gasteiger charge is 2.34. The van der Waals surface area contributed by atoms with Gasteiger partial charge in [-0.1, -0.05) is 23.7 Å². The van der Waals surface area contributed by atoms with Crippen LogP contribution in [0.25, 0.3) is 0 Å². The largest absolute Gasteiger partial charge is 0.491 e. The Hall–Kier alpha value is -3.38. The molecule has 3 aromatic carbocycles. The maximum absolute atomic E-state index is 13.6. The predicted octanol–water partition coefficient (Wildman–Crippen LogP) is 5.45. The lowest BCUT2D eigenvalue weighted by atomic mass is 9.95. The van der Waals surface area contributed by atoms with E-state index in [9.17, 15) is 14.0 Å². The molecule has 1 N–H and O–H groups in total. The van der Waals surface area contributed by atoms with Gasteiger partial charge in [0.05, 0.1) is 12.1 Å². The van der Waals surface area contributed by atoms with Crippen LogP contribution in [0.2, 0.25) is 5.02 Å². The van der Waals surface area contributed by atoms with Gasteiger partial charge in [-0.15, -0.1) is 0 Å². The molecule has 0 unspecified atom stereocenters. The summed E-state index contributed by atoms with van der Waals surface area (Å²) in [6.07, 6.45) is 0.00922. The summed E-state index contributed by atoms with van der Waals surface area (Å²) in [5, 5.41) is 3.31. The van der Waals surface area contributed by atoms with Gasteiger partial charge in [0.2, 0.25) is 5.91 Å². The summed E-state index contributed by atoms with van der Waals surface area (Å²) < 4.78 is 19.3. The first-order valence-electron chi connectivity index (χ1n) is 10.2. The van der Waals surface area contributed by atoms with Crippen molar-refractivity contribution in [2.45, 2.75) is 26.0 Å². The van der Waals surface area contributed by atoms with Gasteiger partial charge in [0.25, 0.3) is 5.91 Å². The van der Waals surface area contributed by atoms with E-state index in [1.54, 1.807) is 54.6 Å². The second kappa shape index (κ2) is 9.01. The van der Waals surface area contributed by atoms with Crippen LogP contribution in [0.4, 0.5) is 10.1 Å². The summed E-state index contributed by atoms with van der Waals surface area (Å²) in [7, 11) is 0. The van der Waals surface area contributed by atoms with Gasteiger partial charge >= 0.3 is 0 Å². The second-order valence-electron chi connectivity index (χ2n) is 7.86. The summed E-state index contributed by atoms with van der Waals surface area (Å²) in [6.45, 7) is 3.67. The molecule has 164 valence electrons. The van der Waals surface area contributed by atoms with E-state index in [1.807, 2.05) is 13.8 Å². The smallest absolute Gasteiger partial charge is 0.255 e. The van der Waals surface area contributed by atoms with Gasteiger partial charge < -0.3 is 15.0 Å². The SMILES string of the molecule is CC(C)Oc1ccc(C(=O)N2CC(=O)Nc3ccc(Cl)cc3[C@H]2c2ccc(F)cc2)cc1. The van der Waals surface area contributed by atoms with Crippen molar-refractivity contribution in [1.82, 2.24) is 4.90 Å². The topological polar surface area (TPSA) is 58.6 Å². The first kappa shape index (κ1) is 21.8. The quantitative estimate of drug-likeness (QED) is 0.572. The molecule has 4 rings (SSSR count). The van der Waals surface area contributed by atoms with E-state index >= 15 is 0 Å². The number of hydrogen-bond donors (Lipinski definition) is 1. The fourth-order valence-electron chi connectivity index (χ4n) is 3.78. The molecule has 0 spiro atoms. The van der Waals surface area contributed by atoms with E-state index in [1.165, 1.54) is 17.0 Å². The number of hydrogen-bond acceptors (Lipinski definition) is 3. The van der Waals surface area contributed by atoms with E-state index in [4.69, 9.17) is 16.3 Å². The van der Waals surface area contributed by atoms with Crippen molar-refractivity contribution in [3.05, 3.63) is 94.3 Å². The van der Waals surface area contributed by atoms with Gasteiger partial charge in [-0.2, -0.15) is 0 Å². The zero-order valence-electron chi connectivity index (χ0n) is 17.6. The zero-order valence-corrected chi connectivity index (χ0v) is 18.4. The fraction of sp³-hybridized carbons (Fsp3) is 0.200. The van der Waals surface area contributed by atoms with Crippen LogP contribution in [0.1, 0.15) is 41.4 Å². The van der Waals surface area contributed by atoms with Crippen molar-refractivity contribution >= 4 is 29.1 Å². The number of carbonyl (C=O) groups excluding carboxylic acids is 2. The van der Waals surface area contributed by atoms with Crippen LogP contribution in [-0.2, 0) is 4.79 Å². The molecule has 1 aliphatic heterocycles. The highest BCUT2D eigenvalue weighted by molar-refractivity contribution is 6.30. The van der Waals surface area contributed by atoms with Crippen LogP contribution < -0.4 is 10.1 Å². The summed E-state index contributed by atoms with van der Waals surface area (Å²) in [6, 6.07) is 17.1. The van der Waals surface area contributed by atoms with Crippen LogP contribution >= 0.6 is 11.6 Å². The summed E-state index contributed by atoms with van der Waals surface area (Å²) in [4.78, 5) is 27.7. The number of benzene rings is 3. The van der Waals surface area contributed by atoms with Crippen molar-refractivity contribution in [3.63, 3.8) is 0 Å². The molecule has 5 nitrogen and oxygen atoms in total. The third kappa shape index (κ3) is 4.60. The molecule has 1 heterocycles. The Morgan fingerprint density at radius 1 is 1.09 bits per heavy atom. The third-order valence-electron chi connectivity index (χ3n) is 5.13. The van der Waals surface area contributed by atoms with Crippen molar-refractivity contribution in [2.24, 2.45) is 0 Å². The van der Waals surface area contributed by atoms with Gasteiger partial charge in [0.15, 0.2) is 0 Å². The number of nitrogens with zero attached hydrogens (tertiary/aromatic N) is 1. The van der Waals surface area contributed by atoms with Crippen molar-refractivity contribution in [2.75, 3.05) is 11.9 Å². The molecular formula is C25H22ClFN2O3. The van der Waals surface area contributed by atoms with Crippen LogP contribution in [-0.4, -0.2) is 29.4 Å². The van der Waals surface area contributed by atoms with Gasteiger partial charge in [-0.3, -0.25) is 9.59 Å². The number of rotatable bonds is 4. The lowest BCUT2D eigenvalue weighted by Crippen LogP contribution is -2.39. The molecule has 0 saturated heterocycles. The van der Waals surface area contributed by atoms with Crippen LogP contribution in [0.3, 0.4) is 0 Å². The van der Waals surface area contributed by atoms with Gasteiger partial charge in [-0.05, 0) is 74.0 Å². The Kier molecular flexibility index (Phi) is 6.15. The van der Waals surface area contributed by atoms with E-state index in [2.05, 4.69) is 5.32 Å². The van der Waals surface area contributed by atoms with Crippen LogP contribution in [0.15, 0.2) is 66.7 Å². The Morgan fingerprint density at radius 3 is 2.44 bits per heavy atom. The molecule has 7 heteroatoms. The molecule has 0 saturated carbocycles. The number of carbonyl (C=O) groups is 2. The van der Waals surface area contributed by atoms with Crippen molar-refractivity contribution in [1.29, 1.82) is 0 Å². The Balaban J connectivity index is 1.79. The fourth-order valence-corrected chi connectivity index (χ4v) is 3.97. The monoisotopic (exact) mass is 452 g/mol. The minimum atomic E-state index is -0.637. The predicted molar refractivity (Wildman–Crippen MR) is 122 cm³/mol. The summed E-state index contributed by atoms with van der Waals surface area (Å²) in [5.41, 5.74) is 2.29. The summed E-state index contributed by atoms with van der Waals surface area (Å²) in [5.74, 6) is -0.399. The van der Waals surface area contributed by atoms with E-state index in [0.717, 1.165) is 0 Å². The number of ether oxygens (including phenoxy) is 1. The van der Waals surface area contributed by atoms with Crippen LogP contribution in [0, 0.1) is 5.82 Å². The first-order valence-corrected chi connectivity index (χ1v) is 10.6. The number of nitrogens with one attached hydrogen (secondary N) is 1. The highest BCUT2D eigenvalue weighted by atomic mass is 35.5. The van der Waals surface area contributed by atoms with Crippen molar-refractivity contribution in [3.8, 4) is 5.75 Å². The molecule has 1 atom stereocenters. The van der Waals surface area contributed by atoms with Crippen LogP contribution in [0.5, 0.6) is 5.75 Å². The van der Waals surface area contributed by atoms with Gasteiger partial charge in [0, 0.05) is 21.8 Å². The molecule has 0 aliphatic carbocycles. The standard InChI is InChI=1S/C25H22ClFN2O3/c1-15(2)32-20-10-5-17(6-11-20)25(31)29-14-23(30)28-22-12-7-18(26)13-21(22)24(29)16-3-8-19(27)9-4-16/h3-13,15,24H,14H2,1-2H3,(H,28,30)/t24-/m1/s1. The molecule has 0 radical (unpaired) electrons. The minimum Gasteiger partial charge on any atom is -0.491 e. The zero-order chi connectivity index (χ0) is 22.8. The number of anilines is 1. The average Bonchev–Trinajstić information content (AvgIpc) is 2.90. The minimum absolute atomic E-state index is 0.00922. The van der Waals surface area contributed by atoms with Gasteiger partial charge in [-0.25, -0.2) is 4.39 Å². The molecule has 0 aromatic heterocycles. The molecule has 0 fully saturated rings. The second-order valence-corrected chi connectivity index (χ2v) is 8.29. The van der Waals surface area contributed by atoms with Gasteiger partial charge in [0.1, 0.15) is 18.1 Å². The number of halogens is 2. The molecule has 2 amide bonds. The maximum Gasteiger partial charge on any atom is 0.255 e. The Labute approximate surface area is 190 Å². The first-order chi connectivity index (χ1) is 15.3. The molecule has 3 aromatic rings. The van der Waals surface area contributed by atoms with E-state index in [-0.39, 0.29) is 30.3 Å². The highest BCUT2D eigenvalue weighted by Crippen LogP contribution is 2.38. The Morgan fingerprint density at radius 2 is 1.78 bits per heavy atom. The van der Waals surface area contributed by atoms with E-state index in [0.29, 0.717) is 33.1 Å². The summed E-state index contributed by atoms with van der Waals surface area (Å²) >= 11 is 6.26. The third-order valence-corrected chi connectivity index (χ3v) is 5.36. The maximum atomic E-state index is 13.6. The Bertz CT molecular complexity index is 1150. The number of fused-ring (bicyclic) bond motifs is 1.